The van der Waals surface area contributed by atoms with Crippen LogP contribution in [0, 0.1) is 0 Å². The zero-order valence-electron chi connectivity index (χ0n) is 15.0. The lowest BCUT2D eigenvalue weighted by Gasteiger charge is -2.06. The van der Waals surface area contributed by atoms with E-state index in [2.05, 4.69) is 38.6 Å². The van der Waals surface area contributed by atoms with Crippen molar-refractivity contribution < 1.29 is 0 Å². The van der Waals surface area contributed by atoms with Crippen LogP contribution in [-0.4, -0.2) is 5.71 Å². The van der Waals surface area contributed by atoms with Crippen LogP contribution in [0.4, 0.5) is 0 Å². The first kappa shape index (κ1) is 20.6. The molecule has 0 bridgehead atoms. The van der Waals surface area contributed by atoms with Gasteiger partial charge in [0, 0.05) is 5.71 Å². The number of hydrogen-bond donors (Lipinski definition) is 0. The number of rotatable bonds is 6. The largest absolute Gasteiger partial charge is 0.258 e. The Hall–Kier alpha value is -2.41. The van der Waals surface area contributed by atoms with Crippen LogP contribution < -0.4 is 0 Å². The number of hydrogen-bond acceptors (Lipinski definition) is 1. The molecular weight excluding hydrogens is 278 g/mol. The molecule has 0 amide bonds. The molecular formula is C22H29N. The highest BCUT2D eigenvalue weighted by atomic mass is 14.7. The van der Waals surface area contributed by atoms with Crippen LogP contribution in [0.15, 0.2) is 90.6 Å². The maximum atomic E-state index is 4.56. The molecule has 0 fully saturated rings. The Morgan fingerprint density at radius 3 is 2.09 bits per heavy atom. The van der Waals surface area contributed by atoms with Crippen molar-refractivity contribution in [3.05, 3.63) is 91.2 Å². The monoisotopic (exact) mass is 307 g/mol. The Kier molecular flexibility index (Phi) is 10.9. The van der Waals surface area contributed by atoms with Crippen molar-refractivity contribution in [2.45, 2.75) is 34.1 Å². The highest BCUT2D eigenvalue weighted by Crippen LogP contribution is 2.21. The second-order valence-electron chi connectivity index (χ2n) is 5.25. The van der Waals surface area contributed by atoms with E-state index in [1.54, 1.807) is 12.2 Å². The van der Waals surface area contributed by atoms with E-state index in [-0.39, 0.29) is 0 Å². The van der Waals surface area contributed by atoms with Gasteiger partial charge >= 0.3 is 0 Å². The molecule has 0 aliphatic heterocycles. The van der Waals surface area contributed by atoms with Crippen LogP contribution in [0.1, 0.15) is 39.7 Å². The summed E-state index contributed by atoms with van der Waals surface area (Å²) in [5, 5.41) is 0. The molecule has 0 spiro atoms. The van der Waals surface area contributed by atoms with Gasteiger partial charge in [0.2, 0.25) is 0 Å². The minimum atomic E-state index is 0.841. The predicted molar refractivity (Wildman–Crippen MR) is 107 cm³/mol. The zero-order chi connectivity index (χ0) is 17.7. The second-order valence-corrected chi connectivity index (χ2v) is 5.25. The maximum Gasteiger partial charge on any atom is 0.0706 e. The highest BCUT2D eigenvalue weighted by Gasteiger charge is 2.02. The first-order chi connectivity index (χ1) is 11.0. The smallest absolute Gasteiger partial charge is 0.0706 e. The summed E-state index contributed by atoms with van der Waals surface area (Å²) in [5.41, 5.74) is 4.75. The first-order valence-electron chi connectivity index (χ1n) is 7.93. The molecule has 0 saturated heterocycles. The van der Waals surface area contributed by atoms with Crippen LogP contribution in [0.3, 0.4) is 0 Å². The third-order valence-electron chi connectivity index (χ3n) is 2.61. The van der Waals surface area contributed by atoms with Gasteiger partial charge in [0.25, 0.3) is 0 Å². The van der Waals surface area contributed by atoms with E-state index in [0.717, 1.165) is 28.1 Å². The summed E-state index contributed by atoms with van der Waals surface area (Å²) in [4.78, 5) is 4.56. The SMILES string of the molecule is C=C/C=C(C=C)/C(=C/C(=C)c1ccccc1)N=C(C)C.CCC. The van der Waals surface area contributed by atoms with Gasteiger partial charge in [0.1, 0.15) is 0 Å². The van der Waals surface area contributed by atoms with Crippen molar-refractivity contribution in [3.8, 4) is 0 Å². The molecule has 0 N–H and O–H groups in total. The normalized spacial score (nSPS) is 11.0. The van der Waals surface area contributed by atoms with E-state index in [4.69, 9.17) is 0 Å². The zero-order valence-corrected chi connectivity index (χ0v) is 15.0. The molecule has 0 radical (unpaired) electrons. The van der Waals surface area contributed by atoms with Crippen molar-refractivity contribution in [1.82, 2.24) is 0 Å². The van der Waals surface area contributed by atoms with Crippen LogP contribution in [-0.2, 0) is 0 Å². The van der Waals surface area contributed by atoms with E-state index in [1.807, 2.05) is 56.3 Å². The minimum Gasteiger partial charge on any atom is -0.258 e. The lowest BCUT2D eigenvalue weighted by atomic mass is 10.0. The summed E-state index contributed by atoms with van der Waals surface area (Å²) in [7, 11) is 0. The van der Waals surface area contributed by atoms with Crippen LogP contribution >= 0.6 is 0 Å². The molecule has 0 atom stereocenters. The molecule has 0 aromatic heterocycles. The van der Waals surface area contributed by atoms with Gasteiger partial charge in [-0.15, -0.1) is 0 Å². The van der Waals surface area contributed by atoms with Crippen LogP contribution in [0.25, 0.3) is 5.57 Å². The molecule has 1 rings (SSSR count). The number of allylic oxidation sites excluding steroid dienone is 5. The van der Waals surface area contributed by atoms with Crippen molar-refractivity contribution in [2.75, 3.05) is 0 Å². The lowest BCUT2D eigenvalue weighted by molar-refractivity contribution is 1.09. The second kappa shape index (κ2) is 12.2. The molecule has 1 heteroatoms. The van der Waals surface area contributed by atoms with Gasteiger partial charge in [-0.25, -0.2) is 0 Å². The topological polar surface area (TPSA) is 12.4 Å². The van der Waals surface area contributed by atoms with Crippen molar-refractivity contribution in [3.63, 3.8) is 0 Å². The third-order valence-corrected chi connectivity index (χ3v) is 2.61. The van der Waals surface area contributed by atoms with E-state index in [0.29, 0.717) is 0 Å². The van der Waals surface area contributed by atoms with Gasteiger partial charge in [-0.1, -0.05) is 88.6 Å². The molecule has 23 heavy (non-hydrogen) atoms. The van der Waals surface area contributed by atoms with Crippen LogP contribution in [0.2, 0.25) is 0 Å². The quantitative estimate of drug-likeness (QED) is 0.406. The van der Waals surface area contributed by atoms with Crippen molar-refractivity contribution in [2.24, 2.45) is 4.99 Å². The van der Waals surface area contributed by atoms with Crippen molar-refractivity contribution in [1.29, 1.82) is 0 Å². The summed E-state index contributed by atoms with van der Waals surface area (Å²) in [6.45, 7) is 19.9. The third kappa shape index (κ3) is 8.57. The average molecular weight is 307 g/mol. The molecule has 0 aliphatic rings. The summed E-state index contributed by atoms with van der Waals surface area (Å²) in [5.74, 6) is 0. The summed E-state index contributed by atoms with van der Waals surface area (Å²) in [6, 6.07) is 10.0. The highest BCUT2D eigenvalue weighted by molar-refractivity contribution is 5.82. The molecule has 1 aromatic rings. The molecule has 1 nitrogen and oxygen atoms in total. The minimum absolute atomic E-state index is 0.841. The van der Waals surface area contributed by atoms with Gasteiger partial charge in [-0.05, 0) is 36.6 Å². The lowest BCUT2D eigenvalue weighted by Crippen LogP contribution is -1.90. The van der Waals surface area contributed by atoms with Gasteiger partial charge < -0.3 is 0 Å². The summed E-state index contributed by atoms with van der Waals surface area (Å²) in [6.07, 6.45) is 8.62. The fraction of sp³-hybridized carbons (Fsp3) is 0.227. The fourth-order valence-electron chi connectivity index (χ4n) is 1.71. The molecule has 122 valence electrons. The van der Waals surface area contributed by atoms with E-state index >= 15 is 0 Å². The van der Waals surface area contributed by atoms with Gasteiger partial charge in [0.15, 0.2) is 0 Å². The predicted octanol–water partition coefficient (Wildman–Crippen LogP) is 6.78. The fourth-order valence-corrected chi connectivity index (χ4v) is 1.71. The number of nitrogens with zero attached hydrogens (tertiary/aromatic N) is 1. The molecule has 0 aliphatic carbocycles. The molecule has 0 unspecified atom stereocenters. The Bertz CT molecular complexity index is 594. The summed E-state index contributed by atoms with van der Waals surface area (Å²) >= 11 is 0. The first-order valence-corrected chi connectivity index (χ1v) is 7.93. The van der Waals surface area contributed by atoms with E-state index < -0.39 is 0 Å². The molecule has 0 saturated carbocycles. The molecule has 1 aromatic carbocycles. The number of aliphatic imine (C=N–C) groups is 1. The van der Waals surface area contributed by atoms with Crippen LogP contribution in [0.5, 0.6) is 0 Å². The summed E-state index contributed by atoms with van der Waals surface area (Å²) < 4.78 is 0. The van der Waals surface area contributed by atoms with Gasteiger partial charge in [0.05, 0.1) is 5.70 Å². The molecule has 0 heterocycles. The maximum absolute atomic E-state index is 4.56. The standard InChI is InChI=1S/C19H21N.C3H8/c1-6-11-17(7-2)19(20-15(3)4)14-16(5)18-12-9-8-10-13-18;1-3-2/h6-14H,1-2,5H2,3-4H3;3H2,1-2H3/b17-11+,19-14-;. The van der Waals surface area contributed by atoms with Crippen molar-refractivity contribution >= 4 is 11.3 Å². The Balaban J connectivity index is 0.00000149. The van der Waals surface area contributed by atoms with E-state index in [9.17, 15) is 0 Å². The van der Waals surface area contributed by atoms with E-state index in [1.165, 1.54) is 6.42 Å². The Morgan fingerprint density at radius 2 is 1.65 bits per heavy atom. The Morgan fingerprint density at radius 1 is 1.09 bits per heavy atom. The van der Waals surface area contributed by atoms with Gasteiger partial charge in [-0.3, -0.25) is 4.99 Å². The Labute approximate surface area is 142 Å². The average Bonchev–Trinajstić information content (AvgIpc) is 2.53. The van der Waals surface area contributed by atoms with Gasteiger partial charge in [-0.2, -0.15) is 0 Å². The number of benzene rings is 1.